The Bertz CT molecular complexity index is 1070. The van der Waals surface area contributed by atoms with Gasteiger partial charge in [-0.2, -0.15) is 0 Å². The minimum absolute atomic E-state index is 0.152. The molecule has 11 nitrogen and oxygen atoms in total. The lowest BCUT2D eigenvalue weighted by Gasteiger charge is -2.16. The van der Waals surface area contributed by atoms with Gasteiger partial charge >= 0.3 is 12.1 Å². The van der Waals surface area contributed by atoms with Crippen LogP contribution in [0.4, 0.5) is 4.79 Å². The number of ketones is 1. The summed E-state index contributed by atoms with van der Waals surface area (Å²) in [4.78, 5) is 47.5. The molecule has 0 spiro atoms. The number of Topliss-reactive ketones (excluding diaryl/α,β-unsaturated/α-hetero) is 1. The van der Waals surface area contributed by atoms with Gasteiger partial charge in [0.05, 0.1) is 13.2 Å². The molecule has 0 aliphatic carbocycles. The van der Waals surface area contributed by atoms with Crippen LogP contribution >= 0.6 is 0 Å². The summed E-state index contributed by atoms with van der Waals surface area (Å²) < 4.78 is 9.96. The Balaban J connectivity index is 1.97. The Morgan fingerprint density at radius 1 is 0.943 bits per heavy atom. The van der Waals surface area contributed by atoms with Gasteiger partial charge in [0, 0.05) is 16.7 Å². The van der Waals surface area contributed by atoms with E-state index in [0.717, 1.165) is 0 Å². The van der Waals surface area contributed by atoms with E-state index < -0.39 is 43.0 Å². The first kappa shape index (κ1) is 27.0. The van der Waals surface area contributed by atoms with Crippen LogP contribution in [-0.2, 0) is 9.53 Å². The largest absolute Gasteiger partial charge is 0.482 e. The number of aliphatic hydroxyl groups excluding tert-OH is 1. The van der Waals surface area contributed by atoms with Crippen LogP contribution in [0.25, 0.3) is 0 Å². The predicted octanol–water partition coefficient (Wildman–Crippen LogP) is 1.83. The summed E-state index contributed by atoms with van der Waals surface area (Å²) in [5, 5.41) is 31.0. The number of amidine groups is 1. The first-order chi connectivity index (χ1) is 16.6. The summed E-state index contributed by atoms with van der Waals surface area (Å²) in [5.41, 5.74) is 0.696. The number of hydrogen-bond donors (Lipinski definition) is 5. The number of carboxylic acids is 1. The molecule has 2 amide bonds. The molecular formula is C24H27N3O8. The summed E-state index contributed by atoms with van der Waals surface area (Å²) in [7, 11) is 0. The Hall–Kier alpha value is -4.25. The predicted molar refractivity (Wildman–Crippen MR) is 125 cm³/mol. The van der Waals surface area contributed by atoms with Gasteiger partial charge < -0.3 is 25.0 Å². The highest BCUT2D eigenvalue weighted by Crippen LogP contribution is 2.14. The molecule has 0 aliphatic heterocycles. The van der Waals surface area contributed by atoms with E-state index in [4.69, 9.17) is 20.0 Å². The number of ether oxygens (including phenoxy) is 2. The summed E-state index contributed by atoms with van der Waals surface area (Å²) in [5.74, 6) is -2.11. The van der Waals surface area contributed by atoms with Crippen LogP contribution in [0.5, 0.6) is 5.75 Å². The third kappa shape index (κ3) is 8.55. The van der Waals surface area contributed by atoms with Gasteiger partial charge in [0.15, 0.2) is 12.4 Å². The SMILES string of the molecule is CC(C)COC(=O)NC(=N)c1ccc(C(=O)NC(CO)C(=O)c2ccc(OCC(=O)O)cc2)cc1. The van der Waals surface area contributed by atoms with E-state index in [1.807, 2.05) is 13.8 Å². The molecule has 0 heterocycles. The number of benzene rings is 2. The number of carbonyl (C=O) groups excluding carboxylic acids is 3. The third-order valence-corrected chi connectivity index (χ3v) is 4.52. The molecular weight excluding hydrogens is 458 g/mol. The van der Waals surface area contributed by atoms with E-state index >= 15 is 0 Å². The second kappa shape index (κ2) is 12.8. The summed E-state index contributed by atoms with van der Waals surface area (Å²) >= 11 is 0. The van der Waals surface area contributed by atoms with Crippen molar-refractivity contribution in [2.24, 2.45) is 5.92 Å². The van der Waals surface area contributed by atoms with Gasteiger partial charge in [0.2, 0.25) is 0 Å². The number of nitrogens with one attached hydrogen (secondary N) is 3. The van der Waals surface area contributed by atoms with Crippen LogP contribution in [0.3, 0.4) is 0 Å². The molecule has 35 heavy (non-hydrogen) atoms. The number of alkyl carbamates (subject to hydrolysis) is 1. The standard InChI is InChI=1S/C24H27N3O8/c1-14(2)12-35-24(33)27-22(25)16-3-5-17(6-4-16)23(32)26-19(11-28)21(31)15-7-9-18(10-8-15)34-13-20(29)30/h3-10,14,19,28H,11-13H2,1-2H3,(H,26,32)(H,29,30)(H2,25,27,33). The molecule has 0 aliphatic rings. The zero-order valence-corrected chi connectivity index (χ0v) is 19.2. The van der Waals surface area contributed by atoms with Gasteiger partial charge in [-0.15, -0.1) is 0 Å². The number of hydrogen-bond acceptors (Lipinski definition) is 8. The highest BCUT2D eigenvalue weighted by Gasteiger charge is 2.22. The quantitative estimate of drug-likeness (QED) is 0.182. The van der Waals surface area contributed by atoms with Crippen LogP contribution in [0.15, 0.2) is 48.5 Å². The number of carbonyl (C=O) groups is 4. The lowest BCUT2D eigenvalue weighted by molar-refractivity contribution is -0.139. The molecule has 186 valence electrons. The summed E-state index contributed by atoms with van der Waals surface area (Å²) in [6.07, 6.45) is -0.753. The van der Waals surface area contributed by atoms with Gasteiger partial charge in [0.25, 0.3) is 5.91 Å². The van der Waals surface area contributed by atoms with Gasteiger partial charge in [0.1, 0.15) is 17.6 Å². The third-order valence-electron chi connectivity index (χ3n) is 4.52. The topological polar surface area (TPSA) is 175 Å². The van der Waals surface area contributed by atoms with Crippen LogP contribution in [0, 0.1) is 11.3 Å². The van der Waals surface area contributed by atoms with Gasteiger partial charge in [-0.1, -0.05) is 26.0 Å². The van der Waals surface area contributed by atoms with Crippen LogP contribution in [0.1, 0.15) is 40.1 Å². The lowest BCUT2D eigenvalue weighted by Crippen LogP contribution is -2.43. The van der Waals surface area contributed by atoms with Crippen molar-refractivity contribution in [3.8, 4) is 5.75 Å². The highest BCUT2D eigenvalue weighted by atomic mass is 16.5. The van der Waals surface area contributed by atoms with E-state index in [2.05, 4.69) is 10.6 Å². The fourth-order valence-electron chi connectivity index (χ4n) is 2.74. The van der Waals surface area contributed by atoms with Gasteiger partial charge in [-0.3, -0.25) is 20.3 Å². The van der Waals surface area contributed by atoms with E-state index in [0.29, 0.717) is 5.56 Å². The first-order valence-corrected chi connectivity index (χ1v) is 10.6. The van der Waals surface area contributed by atoms with E-state index in [1.54, 1.807) is 0 Å². The number of rotatable bonds is 11. The monoisotopic (exact) mass is 485 g/mol. The molecule has 0 aromatic heterocycles. The van der Waals surface area contributed by atoms with Crippen molar-refractivity contribution in [3.05, 3.63) is 65.2 Å². The molecule has 0 saturated carbocycles. The molecule has 2 rings (SSSR count). The Morgan fingerprint density at radius 3 is 2.06 bits per heavy atom. The number of aliphatic carboxylic acids is 1. The minimum atomic E-state index is -1.22. The second-order valence-electron chi connectivity index (χ2n) is 7.85. The number of carboxylic acid groups (broad SMARTS) is 1. The van der Waals surface area contributed by atoms with Crippen molar-refractivity contribution in [2.45, 2.75) is 19.9 Å². The summed E-state index contributed by atoms with van der Waals surface area (Å²) in [6, 6.07) is 10.1. The molecule has 0 fully saturated rings. The van der Waals surface area contributed by atoms with Crippen molar-refractivity contribution in [1.29, 1.82) is 5.41 Å². The highest BCUT2D eigenvalue weighted by molar-refractivity contribution is 6.06. The number of amides is 2. The van der Waals surface area contributed by atoms with Crippen molar-refractivity contribution in [3.63, 3.8) is 0 Å². The Kier molecular flexibility index (Phi) is 9.91. The Labute approximate surface area is 201 Å². The molecule has 0 saturated heterocycles. The van der Waals surface area contributed by atoms with E-state index in [1.165, 1.54) is 48.5 Å². The second-order valence-corrected chi connectivity index (χ2v) is 7.85. The molecule has 1 unspecified atom stereocenters. The fraction of sp³-hybridized carbons (Fsp3) is 0.292. The molecule has 1 atom stereocenters. The minimum Gasteiger partial charge on any atom is -0.482 e. The zero-order chi connectivity index (χ0) is 26.0. The molecule has 0 bridgehead atoms. The van der Waals surface area contributed by atoms with Gasteiger partial charge in [-0.25, -0.2) is 9.59 Å². The maximum Gasteiger partial charge on any atom is 0.412 e. The van der Waals surface area contributed by atoms with Crippen LogP contribution in [0.2, 0.25) is 0 Å². The van der Waals surface area contributed by atoms with Crippen molar-refractivity contribution >= 4 is 29.6 Å². The molecule has 0 radical (unpaired) electrons. The average molecular weight is 485 g/mol. The van der Waals surface area contributed by atoms with Crippen LogP contribution in [-0.4, -0.2) is 65.7 Å². The van der Waals surface area contributed by atoms with E-state index in [-0.39, 0.29) is 35.2 Å². The normalized spacial score (nSPS) is 11.3. The number of aliphatic hydroxyl groups is 1. The Morgan fingerprint density at radius 2 is 1.51 bits per heavy atom. The average Bonchev–Trinajstić information content (AvgIpc) is 2.84. The van der Waals surface area contributed by atoms with E-state index in [9.17, 15) is 24.3 Å². The summed E-state index contributed by atoms with van der Waals surface area (Å²) in [6.45, 7) is 2.80. The maximum absolute atomic E-state index is 12.7. The first-order valence-electron chi connectivity index (χ1n) is 10.6. The molecule has 11 heteroatoms. The molecule has 2 aromatic rings. The fourth-order valence-corrected chi connectivity index (χ4v) is 2.74. The van der Waals surface area contributed by atoms with Crippen molar-refractivity contribution in [2.75, 3.05) is 19.8 Å². The lowest BCUT2D eigenvalue weighted by atomic mass is 10.0. The van der Waals surface area contributed by atoms with Gasteiger partial charge in [-0.05, 0) is 42.3 Å². The van der Waals surface area contributed by atoms with Crippen LogP contribution < -0.4 is 15.4 Å². The molecule has 5 N–H and O–H groups in total. The zero-order valence-electron chi connectivity index (χ0n) is 19.2. The van der Waals surface area contributed by atoms with Crippen molar-refractivity contribution in [1.82, 2.24) is 10.6 Å². The van der Waals surface area contributed by atoms with Crippen molar-refractivity contribution < 1.29 is 38.9 Å². The molecule has 2 aromatic carbocycles. The maximum atomic E-state index is 12.7. The smallest absolute Gasteiger partial charge is 0.412 e.